The molecule has 0 aliphatic carbocycles. The summed E-state index contributed by atoms with van der Waals surface area (Å²) in [6.07, 6.45) is 3.68. The summed E-state index contributed by atoms with van der Waals surface area (Å²) in [5, 5.41) is 6.78. The molecule has 0 unspecified atom stereocenters. The van der Waals surface area contributed by atoms with Gasteiger partial charge < -0.3 is 15.0 Å². The fourth-order valence-electron chi connectivity index (χ4n) is 4.75. The number of piperidine rings is 1. The summed E-state index contributed by atoms with van der Waals surface area (Å²) in [5.41, 5.74) is 2.73. The quantitative estimate of drug-likeness (QED) is 0.277. The monoisotopic (exact) mass is 542 g/mol. The SMILES string of the molecule is O=c1[nH]c(COc2ccc(F)cc2)nc2c(-c3csc(NC4CCN(Cc5ccccc5)CC4)n3)nccc12. The van der Waals surface area contributed by atoms with Crippen molar-refractivity contribution in [1.82, 2.24) is 24.8 Å². The van der Waals surface area contributed by atoms with E-state index in [0.29, 0.717) is 39.9 Å². The van der Waals surface area contributed by atoms with Crippen LogP contribution in [-0.2, 0) is 13.2 Å². The van der Waals surface area contributed by atoms with Crippen molar-refractivity contribution in [2.45, 2.75) is 32.0 Å². The molecule has 0 amide bonds. The lowest BCUT2D eigenvalue weighted by atomic mass is 10.0. The minimum absolute atomic E-state index is 0.0258. The predicted molar refractivity (Wildman–Crippen MR) is 150 cm³/mol. The first-order chi connectivity index (χ1) is 19.1. The maximum absolute atomic E-state index is 13.2. The third-order valence-corrected chi connectivity index (χ3v) is 7.55. The molecule has 0 radical (unpaired) electrons. The molecular formula is C29H27FN6O2S. The number of aromatic nitrogens is 4. The number of H-pyrrole nitrogens is 1. The van der Waals surface area contributed by atoms with Gasteiger partial charge in [0.15, 0.2) is 5.13 Å². The van der Waals surface area contributed by atoms with E-state index in [9.17, 15) is 9.18 Å². The number of likely N-dealkylation sites (tertiary alicyclic amines) is 1. The van der Waals surface area contributed by atoms with Gasteiger partial charge in [0.2, 0.25) is 0 Å². The van der Waals surface area contributed by atoms with Gasteiger partial charge in [-0.05, 0) is 48.7 Å². The van der Waals surface area contributed by atoms with Crippen molar-refractivity contribution < 1.29 is 9.13 Å². The maximum atomic E-state index is 13.2. The van der Waals surface area contributed by atoms with E-state index in [0.717, 1.165) is 37.6 Å². The first kappa shape index (κ1) is 25.1. The highest BCUT2D eigenvalue weighted by molar-refractivity contribution is 7.14. The number of hydrogen-bond donors (Lipinski definition) is 2. The molecule has 0 atom stereocenters. The molecular weight excluding hydrogens is 515 g/mol. The van der Waals surface area contributed by atoms with Gasteiger partial charge in [0.1, 0.15) is 40.9 Å². The Balaban J connectivity index is 1.14. The summed E-state index contributed by atoms with van der Waals surface area (Å²) in [5.74, 6) is 0.481. The van der Waals surface area contributed by atoms with E-state index in [1.165, 1.54) is 41.2 Å². The van der Waals surface area contributed by atoms with Crippen molar-refractivity contribution in [3.8, 4) is 17.1 Å². The standard InChI is InChI=1S/C29H27FN6O2S/c30-20-6-8-22(9-7-20)38-17-25-34-26-23(28(37)35-25)10-13-31-27(26)24-18-39-29(33-24)32-21-11-14-36(15-12-21)16-19-4-2-1-3-5-19/h1-10,13,18,21H,11-12,14-17H2,(H,32,33)(H,34,35,37). The highest BCUT2D eigenvalue weighted by Crippen LogP contribution is 2.29. The lowest BCUT2D eigenvalue weighted by Crippen LogP contribution is -2.38. The van der Waals surface area contributed by atoms with Crippen molar-refractivity contribution in [2.24, 2.45) is 0 Å². The molecule has 0 bridgehead atoms. The van der Waals surface area contributed by atoms with Gasteiger partial charge in [-0.2, -0.15) is 0 Å². The van der Waals surface area contributed by atoms with Crippen LogP contribution >= 0.6 is 11.3 Å². The molecule has 39 heavy (non-hydrogen) atoms. The second-order valence-corrected chi connectivity index (χ2v) is 10.4. The number of rotatable bonds is 8. The molecule has 6 rings (SSSR count). The Kier molecular flexibility index (Phi) is 7.29. The maximum Gasteiger partial charge on any atom is 0.258 e. The average Bonchev–Trinajstić information content (AvgIpc) is 3.42. The van der Waals surface area contributed by atoms with Crippen LogP contribution in [0.25, 0.3) is 22.3 Å². The van der Waals surface area contributed by atoms with Crippen molar-refractivity contribution in [2.75, 3.05) is 18.4 Å². The van der Waals surface area contributed by atoms with Crippen LogP contribution in [0.15, 0.2) is 77.0 Å². The van der Waals surface area contributed by atoms with Gasteiger partial charge in [0, 0.05) is 37.3 Å². The minimum atomic E-state index is -0.346. The lowest BCUT2D eigenvalue weighted by molar-refractivity contribution is 0.211. The van der Waals surface area contributed by atoms with E-state index in [1.54, 1.807) is 12.3 Å². The molecule has 1 fully saturated rings. The molecule has 8 nitrogen and oxygen atoms in total. The summed E-state index contributed by atoms with van der Waals surface area (Å²) < 4.78 is 18.9. The average molecular weight is 543 g/mol. The van der Waals surface area contributed by atoms with E-state index in [-0.39, 0.29) is 18.0 Å². The van der Waals surface area contributed by atoms with E-state index < -0.39 is 0 Å². The Bertz CT molecular complexity index is 1610. The number of anilines is 1. The van der Waals surface area contributed by atoms with Crippen molar-refractivity contribution >= 4 is 27.4 Å². The Morgan fingerprint density at radius 1 is 1.05 bits per heavy atom. The summed E-state index contributed by atoms with van der Waals surface area (Å²) in [6.45, 7) is 3.07. The second kappa shape index (κ2) is 11.3. The Labute approximate surface area is 228 Å². The summed E-state index contributed by atoms with van der Waals surface area (Å²) in [6, 6.07) is 18.2. The Morgan fingerprint density at radius 3 is 2.64 bits per heavy atom. The zero-order chi connectivity index (χ0) is 26.6. The van der Waals surface area contributed by atoms with E-state index in [2.05, 4.69) is 49.4 Å². The number of aromatic amines is 1. The molecule has 5 aromatic rings. The molecule has 0 saturated carbocycles. The molecule has 1 aliphatic heterocycles. The first-order valence-electron chi connectivity index (χ1n) is 12.9. The molecule has 10 heteroatoms. The number of thiazole rings is 1. The number of nitrogens with one attached hydrogen (secondary N) is 2. The van der Waals surface area contributed by atoms with Crippen molar-refractivity contribution in [3.05, 3.63) is 99.8 Å². The Morgan fingerprint density at radius 2 is 1.85 bits per heavy atom. The molecule has 198 valence electrons. The van der Waals surface area contributed by atoms with E-state index in [1.807, 2.05) is 11.4 Å². The lowest BCUT2D eigenvalue weighted by Gasteiger charge is -2.32. The number of pyridine rings is 1. The van der Waals surface area contributed by atoms with Crippen LogP contribution < -0.4 is 15.6 Å². The highest BCUT2D eigenvalue weighted by atomic mass is 32.1. The number of hydrogen-bond acceptors (Lipinski definition) is 8. The van der Waals surface area contributed by atoms with Crippen LogP contribution in [0.1, 0.15) is 24.2 Å². The number of ether oxygens (including phenoxy) is 1. The molecule has 4 heterocycles. The fourth-order valence-corrected chi connectivity index (χ4v) is 5.52. The zero-order valence-electron chi connectivity index (χ0n) is 21.1. The Hall–Kier alpha value is -4.15. The summed E-state index contributed by atoms with van der Waals surface area (Å²) >= 11 is 1.52. The fraction of sp³-hybridized carbons (Fsp3) is 0.241. The summed E-state index contributed by atoms with van der Waals surface area (Å²) in [7, 11) is 0. The van der Waals surface area contributed by atoms with E-state index in [4.69, 9.17) is 9.72 Å². The number of nitrogens with zero attached hydrogens (tertiary/aromatic N) is 4. The van der Waals surface area contributed by atoms with Gasteiger partial charge in [-0.15, -0.1) is 11.3 Å². The second-order valence-electron chi connectivity index (χ2n) is 9.53. The zero-order valence-corrected chi connectivity index (χ0v) is 22.0. The smallest absolute Gasteiger partial charge is 0.258 e. The topological polar surface area (TPSA) is 96.0 Å². The van der Waals surface area contributed by atoms with Gasteiger partial charge >= 0.3 is 0 Å². The van der Waals surface area contributed by atoms with Crippen LogP contribution in [0.2, 0.25) is 0 Å². The third-order valence-electron chi connectivity index (χ3n) is 6.77. The molecule has 1 aliphatic rings. The summed E-state index contributed by atoms with van der Waals surface area (Å²) in [4.78, 5) is 32.0. The number of fused-ring (bicyclic) bond motifs is 1. The molecule has 3 aromatic heterocycles. The van der Waals surface area contributed by atoms with Crippen LogP contribution in [0.5, 0.6) is 5.75 Å². The van der Waals surface area contributed by atoms with Gasteiger partial charge in [-0.3, -0.25) is 14.7 Å². The molecule has 1 saturated heterocycles. The first-order valence-corrected chi connectivity index (χ1v) is 13.7. The van der Waals surface area contributed by atoms with E-state index >= 15 is 0 Å². The molecule has 2 aromatic carbocycles. The van der Waals surface area contributed by atoms with Crippen molar-refractivity contribution in [1.29, 1.82) is 0 Å². The van der Waals surface area contributed by atoms with Crippen LogP contribution in [0, 0.1) is 5.82 Å². The highest BCUT2D eigenvalue weighted by Gasteiger charge is 2.21. The number of halogens is 1. The molecule has 2 N–H and O–H groups in total. The van der Waals surface area contributed by atoms with Gasteiger partial charge in [0.05, 0.1) is 5.39 Å². The van der Waals surface area contributed by atoms with Crippen LogP contribution in [0.4, 0.5) is 9.52 Å². The van der Waals surface area contributed by atoms with Crippen LogP contribution in [-0.4, -0.2) is 44.0 Å². The number of benzene rings is 2. The predicted octanol–water partition coefficient (Wildman–Crippen LogP) is 5.24. The minimum Gasteiger partial charge on any atom is -0.486 e. The largest absolute Gasteiger partial charge is 0.486 e. The van der Waals surface area contributed by atoms with Gasteiger partial charge in [-0.1, -0.05) is 30.3 Å². The van der Waals surface area contributed by atoms with Crippen molar-refractivity contribution in [3.63, 3.8) is 0 Å². The third kappa shape index (κ3) is 5.97. The van der Waals surface area contributed by atoms with Gasteiger partial charge in [-0.25, -0.2) is 14.4 Å². The van der Waals surface area contributed by atoms with Gasteiger partial charge in [0.25, 0.3) is 5.56 Å². The normalized spacial score (nSPS) is 14.5. The molecule has 0 spiro atoms. The van der Waals surface area contributed by atoms with Crippen LogP contribution in [0.3, 0.4) is 0 Å².